The van der Waals surface area contributed by atoms with Crippen LogP contribution in [0.25, 0.3) is 0 Å². The van der Waals surface area contributed by atoms with Crippen molar-refractivity contribution in [2.45, 2.75) is 6.42 Å². The van der Waals surface area contributed by atoms with Gasteiger partial charge in [-0.15, -0.1) is 0 Å². The molecule has 0 radical (unpaired) electrons. The molecule has 3 aromatic rings. The number of benzene rings is 3. The summed E-state index contributed by atoms with van der Waals surface area (Å²) in [4.78, 5) is 72.9. The molecule has 0 aliphatic carbocycles. The summed E-state index contributed by atoms with van der Waals surface area (Å²) in [6, 6.07) is 16.7. The number of anilines is 1. The van der Waals surface area contributed by atoms with E-state index in [2.05, 4.69) is 4.74 Å². The number of ketones is 1. The van der Waals surface area contributed by atoms with Crippen LogP contribution in [0.4, 0.5) is 11.4 Å². The zero-order valence-electron chi connectivity index (χ0n) is 21.1. The summed E-state index contributed by atoms with van der Waals surface area (Å²) in [5.74, 6) is -3.35. The molecule has 204 valence electrons. The molecule has 12 heteroatoms. The number of rotatable bonds is 9. The molecule has 12 nitrogen and oxygen atoms in total. The van der Waals surface area contributed by atoms with Gasteiger partial charge in [-0.1, -0.05) is 0 Å². The van der Waals surface area contributed by atoms with Gasteiger partial charge in [-0.25, -0.2) is 9.59 Å². The fraction of sp³-hybridized carbons (Fsp3) is 0.179. The van der Waals surface area contributed by atoms with Crippen LogP contribution in [0.2, 0.25) is 0 Å². The van der Waals surface area contributed by atoms with Crippen molar-refractivity contribution in [3.05, 3.63) is 99.6 Å². The number of esters is 3. The second-order valence-electron chi connectivity index (χ2n) is 8.69. The van der Waals surface area contributed by atoms with Crippen LogP contribution >= 0.6 is 0 Å². The monoisotopic (exact) mass is 546 g/mol. The highest BCUT2D eigenvalue weighted by atomic mass is 16.6. The lowest BCUT2D eigenvalue weighted by atomic mass is 10.1. The normalized spacial score (nSPS) is 14.4. The number of carbonyl (C=O) groups excluding carboxylic acids is 5. The Kier molecular flexibility index (Phi) is 8.28. The van der Waals surface area contributed by atoms with Gasteiger partial charge in [0.25, 0.3) is 5.69 Å². The van der Waals surface area contributed by atoms with Crippen LogP contribution in [0.3, 0.4) is 0 Å². The van der Waals surface area contributed by atoms with Crippen LogP contribution in [0.15, 0.2) is 72.8 Å². The number of nitro benzene ring substituents is 1. The number of methoxy groups -OCH3 is 1. The van der Waals surface area contributed by atoms with Gasteiger partial charge < -0.3 is 19.1 Å². The van der Waals surface area contributed by atoms with E-state index < -0.39 is 41.1 Å². The molecule has 0 spiro atoms. The Morgan fingerprint density at radius 3 is 2.05 bits per heavy atom. The van der Waals surface area contributed by atoms with Gasteiger partial charge in [0.2, 0.25) is 5.91 Å². The lowest BCUT2D eigenvalue weighted by molar-refractivity contribution is -0.384. The van der Waals surface area contributed by atoms with Crippen LogP contribution in [0.1, 0.15) is 37.5 Å². The first kappa shape index (κ1) is 27.6. The van der Waals surface area contributed by atoms with E-state index in [1.165, 1.54) is 72.7 Å². The number of nitro groups is 1. The van der Waals surface area contributed by atoms with Crippen LogP contribution in [0.5, 0.6) is 5.75 Å². The highest BCUT2D eigenvalue weighted by molar-refractivity contribution is 6.01. The third-order valence-electron chi connectivity index (χ3n) is 6.10. The molecule has 1 aliphatic heterocycles. The van der Waals surface area contributed by atoms with Gasteiger partial charge in [-0.3, -0.25) is 24.5 Å². The molecule has 1 atom stereocenters. The Labute approximate surface area is 227 Å². The van der Waals surface area contributed by atoms with Gasteiger partial charge in [0, 0.05) is 36.3 Å². The molecule has 0 bridgehead atoms. The fourth-order valence-corrected chi connectivity index (χ4v) is 3.94. The van der Waals surface area contributed by atoms with Crippen molar-refractivity contribution in [1.82, 2.24) is 0 Å². The quantitative estimate of drug-likeness (QED) is 0.128. The Morgan fingerprint density at radius 1 is 0.875 bits per heavy atom. The first-order valence-electron chi connectivity index (χ1n) is 11.9. The SMILES string of the molecule is COC(=O)c1ccc(N2C[C@H](C(=O)OCC(=O)c3ccc(OC(=O)c4ccc([N+](=O)[O-])cc4)cc3)CC2=O)cc1. The standard InChI is InChI=1S/C28H22N2O10/c1-38-26(33)18-2-8-21(9-3-18)29-15-20(14-25(29)32)27(34)39-16-24(31)17-6-12-23(13-7-17)40-28(35)19-4-10-22(11-5-19)30(36)37/h2-13,20H,14-16H2,1H3/t20-/m1/s1. The number of hydrogen-bond acceptors (Lipinski definition) is 10. The molecule has 0 unspecified atom stereocenters. The summed E-state index contributed by atoms with van der Waals surface area (Å²) in [6.45, 7) is -0.475. The van der Waals surface area contributed by atoms with E-state index in [0.717, 1.165) is 0 Å². The minimum absolute atomic E-state index is 0.0677. The van der Waals surface area contributed by atoms with Crippen molar-refractivity contribution >= 4 is 41.0 Å². The molecule has 1 heterocycles. The van der Waals surface area contributed by atoms with Gasteiger partial charge in [0.05, 0.1) is 29.1 Å². The summed E-state index contributed by atoms with van der Waals surface area (Å²) in [5.41, 5.74) is 0.989. The number of hydrogen-bond donors (Lipinski definition) is 0. The average Bonchev–Trinajstić information content (AvgIpc) is 3.37. The van der Waals surface area contributed by atoms with Gasteiger partial charge in [-0.05, 0) is 60.7 Å². The maximum absolute atomic E-state index is 12.5. The molecule has 4 rings (SSSR count). The zero-order valence-corrected chi connectivity index (χ0v) is 21.1. The summed E-state index contributed by atoms with van der Waals surface area (Å²) >= 11 is 0. The van der Waals surface area contributed by atoms with Crippen molar-refractivity contribution in [3.63, 3.8) is 0 Å². The summed E-state index contributed by atoms with van der Waals surface area (Å²) < 4.78 is 15.0. The largest absolute Gasteiger partial charge is 0.465 e. The minimum Gasteiger partial charge on any atom is -0.465 e. The molecule has 40 heavy (non-hydrogen) atoms. The van der Waals surface area contributed by atoms with E-state index >= 15 is 0 Å². The molecule has 1 amide bonds. The van der Waals surface area contributed by atoms with E-state index in [-0.39, 0.29) is 41.4 Å². The molecule has 1 fully saturated rings. The first-order valence-corrected chi connectivity index (χ1v) is 11.9. The number of carbonyl (C=O) groups is 5. The van der Waals surface area contributed by atoms with Gasteiger partial charge in [0.1, 0.15) is 5.75 Å². The van der Waals surface area contributed by atoms with Crippen molar-refractivity contribution in [2.75, 3.05) is 25.2 Å². The van der Waals surface area contributed by atoms with E-state index in [4.69, 9.17) is 9.47 Å². The van der Waals surface area contributed by atoms with Crippen molar-refractivity contribution in [1.29, 1.82) is 0 Å². The molecule has 0 saturated carbocycles. The Hall–Kier alpha value is -5.39. The smallest absolute Gasteiger partial charge is 0.343 e. The van der Waals surface area contributed by atoms with Crippen LogP contribution in [0, 0.1) is 16.0 Å². The first-order chi connectivity index (χ1) is 19.2. The minimum atomic E-state index is -0.762. The van der Waals surface area contributed by atoms with Crippen LogP contribution < -0.4 is 9.64 Å². The number of amides is 1. The van der Waals surface area contributed by atoms with Crippen molar-refractivity contribution in [2.24, 2.45) is 5.92 Å². The van der Waals surface area contributed by atoms with Gasteiger partial charge in [-0.2, -0.15) is 0 Å². The van der Waals surface area contributed by atoms with Gasteiger partial charge >= 0.3 is 17.9 Å². The van der Waals surface area contributed by atoms with Crippen LogP contribution in [-0.2, 0) is 19.1 Å². The highest BCUT2D eigenvalue weighted by Gasteiger charge is 2.36. The molecule has 1 saturated heterocycles. The van der Waals surface area contributed by atoms with E-state index in [0.29, 0.717) is 11.3 Å². The summed E-state index contributed by atoms with van der Waals surface area (Å²) in [6.07, 6.45) is -0.0827. The third kappa shape index (κ3) is 6.35. The van der Waals surface area contributed by atoms with E-state index in [1.54, 1.807) is 12.1 Å². The lowest BCUT2D eigenvalue weighted by Gasteiger charge is -2.16. The molecular weight excluding hydrogens is 524 g/mol. The third-order valence-corrected chi connectivity index (χ3v) is 6.10. The fourth-order valence-electron chi connectivity index (χ4n) is 3.94. The molecular formula is C28H22N2O10. The van der Waals surface area contributed by atoms with E-state index in [1.807, 2.05) is 0 Å². The Morgan fingerprint density at radius 2 is 1.45 bits per heavy atom. The van der Waals surface area contributed by atoms with E-state index in [9.17, 15) is 34.1 Å². The molecule has 1 aliphatic rings. The van der Waals surface area contributed by atoms with Crippen molar-refractivity contribution < 1.29 is 43.1 Å². The predicted molar refractivity (Wildman–Crippen MR) is 138 cm³/mol. The maximum Gasteiger partial charge on any atom is 0.343 e. The number of nitrogens with zero attached hydrogens (tertiary/aromatic N) is 2. The Balaban J connectivity index is 1.28. The van der Waals surface area contributed by atoms with Crippen LogP contribution in [-0.4, -0.2) is 54.8 Å². The second kappa shape index (κ2) is 12.0. The number of non-ortho nitro benzene ring substituents is 1. The highest BCUT2D eigenvalue weighted by Crippen LogP contribution is 2.26. The lowest BCUT2D eigenvalue weighted by Crippen LogP contribution is -2.27. The summed E-state index contributed by atoms with van der Waals surface area (Å²) in [7, 11) is 1.26. The average molecular weight is 546 g/mol. The topological polar surface area (TPSA) is 159 Å². The predicted octanol–water partition coefficient (Wildman–Crippen LogP) is 3.38. The number of Topliss-reactive ketones (excluding diaryl/α,β-unsaturated/α-hetero) is 1. The number of ether oxygens (including phenoxy) is 3. The van der Waals surface area contributed by atoms with Crippen molar-refractivity contribution in [3.8, 4) is 5.75 Å². The second-order valence-corrected chi connectivity index (χ2v) is 8.69. The summed E-state index contributed by atoms with van der Waals surface area (Å²) in [5, 5.41) is 10.7. The molecule has 0 aromatic heterocycles. The molecule has 0 N–H and O–H groups in total. The van der Waals surface area contributed by atoms with Gasteiger partial charge in [0.15, 0.2) is 12.4 Å². The zero-order chi connectivity index (χ0) is 28.8. The Bertz CT molecular complexity index is 1460. The molecule has 3 aromatic carbocycles. The maximum atomic E-state index is 12.5.